The molecule has 25 heavy (non-hydrogen) atoms. The molecule has 0 bridgehead atoms. The minimum atomic E-state index is -0.661. The summed E-state index contributed by atoms with van der Waals surface area (Å²) in [4.78, 5) is 35.3. The largest absolute Gasteiger partial charge is 0.427 e. The fourth-order valence-electron chi connectivity index (χ4n) is 2.54. The lowest BCUT2D eigenvalue weighted by molar-refractivity contribution is -0.131. The second-order valence-corrected chi connectivity index (χ2v) is 5.61. The molecule has 1 atom stereocenters. The number of fused-ring (bicyclic) bond motifs is 1. The van der Waals surface area contributed by atoms with Crippen molar-refractivity contribution in [2.45, 2.75) is 19.4 Å². The molecule has 0 fully saturated rings. The van der Waals surface area contributed by atoms with Crippen molar-refractivity contribution in [2.24, 2.45) is 0 Å². The van der Waals surface area contributed by atoms with E-state index < -0.39 is 12.0 Å². The monoisotopic (exact) mass is 339 g/mol. The van der Waals surface area contributed by atoms with Gasteiger partial charge in [0.15, 0.2) is 0 Å². The van der Waals surface area contributed by atoms with Crippen LogP contribution < -0.4 is 20.7 Å². The molecule has 0 aliphatic carbocycles. The Bertz CT molecular complexity index is 835. The van der Waals surface area contributed by atoms with Crippen molar-refractivity contribution < 1.29 is 19.1 Å². The summed E-state index contributed by atoms with van der Waals surface area (Å²) in [5, 5.41) is 8.53. The van der Waals surface area contributed by atoms with Crippen LogP contribution in [-0.2, 0) is 14.4 Å². The fraction of sp³-hybridized carbons (Fsp3) is 0.167. The van der Waals surface area contributed by atoms with Gasteiger partial charge in [-0.2, -0.15) is 0 Å². The Morgan fingerprint density at radius 1 is 1.12 bits per heavy atom. The Hall–Kier alpha value is -3.35. The molecule has 0 saturated carbocycles. The Balaban J connectivity index is 1.63. The van der Waals surface area contributed by atoms with Gasteiger partial charge < -0.3 is 20.7 Å². The maximum atomic E-state index is 12.2. The van der Waals surface area contributed by atoms with Gasteiger partial charge in [0.05, 0.1) is 17.8 Å². The number of hydrogen-bond acceptors (Lipinski definition) is 5. The Morgan fingerprint density at radius 3 is 2.64 bits per heavy atom. The minimum absolute atomic E-state index is 0.0298. The van der Waals surface area contributed by atoms with Crippen LogP contribution in [0.5, 0.6) is 5.75 Å². The van der Waals surface area contributed by atoms with Crippen molar-refractivity contribution in [3.63, 3.8) is 0 Å². The SMILES string of the molecule is CC(=O)Oc1cccc(NC(=O)CC2Nc3ccccc3NC2=O)c1. The second kappa shape index (κ2) is 7.04. The first-order valence-corrected chi connectivity index (χ1v) is 7.76. The number of amides is 2. The minimum Gasteiger partial charge on any atom is -0.427 e. The third kappa shape index (κ3) is 4.14. The van der Waals surface area contributed by atoms with Gasteiger partial charge in [-0.1, -0.05) is 18.2 Å². The molecule has 3 rings (SSSR count). The van der Waals surface area contributed by atoms with Gasteiger partial charge in [0.1, 0.15) is 11.8 Å². The maximum Gasteiger partial charge on any atom is 0.308 e. The molecule has 0 radical (unpaired) electrons. The smallest absolute Gasteiger partial charge is 0.308 e. The van der Waals surface area contributed by atoms with E-state index in [4.69, 9.17) is 4.74 Å². The van der Waals surface area contributed by atoms with Gasteiger partial charge in [0.2, 0.25) is 11.8 Å². The second-order valence-electron chi connectivity index (χ2n) is 5.61. The van der Waals surface area contributed by atoms with Crippen LogP contribution in [0.4, 0.5) is 17.1 Å². The number of rotatable bonds is 4. The first-order valence-electron chi connectivity index (χ1n) is 7.76. The molecular formula is C18H17N3O4. The standard InChI is InChI=1S/C18H17N3O4/c1-11(22)25-13-6-4-5-12(9-13)19-17(23)10-16-18(24)21-15-8-3-2-7-14(15)20-16/h2-9,16,20H,10H2,1H3,(H,19,23)(H,21,24). The number of benzene rings is 2. The summed E-state index contributed by atoms with van der Waals surface area (Å²) in [7, 11) is 0. The quantitative estimate of drug-likeness (QED) is 0.587. The van der Waals surface area contributed by atoms with Gasteiger partial charge in [-0.3, -0.25) is 14.4 Å². The predicted molar refractivity (Wildman–Crippen MR) is 93.5 cm³/mol. The Labute approximate surface area is 144 Å². The summed E-state index contributed by atoms with van der Waals surface area (Å²) < 4.78 is 4.98. The van der Waals surface area contributed by atoms with E-state index in [2.05, 4.69) is 16.0 Å². The van der Waals surface area contributed by atoms with E-state index in [0.717, 1.165) is 5.69 Å². The number of nitrogens with one attached hydrogen (secondary N) is 3. The third-order valence-electron chi connectivity index (χ3n) is 3.60. The molecular weight excluding hydrogens is 322 g/mol. The average molecular weight is 339 g/mol. The maximum absolute atomic E-state index is 12.2. The van der Waals surface area contributed by atoms with E-state index >= 15 is 0 Å². The van der Waals surface area contributed by atoms with Gasteiger partial charge in [-0.05, 0) is 24.3 Å². The van der Waals surface area contributed by atoms with Gasteiger partial charge in [-0.15, -0.1) is 0 Å². The van der Waals surface area contributed by atoms with Gasteiger partial charge in [-0.25, -0.2) is 0 Å². The van der Waals surface area contributed by atoms with Crippen molar-refractivity contribution in [1.29, 1.82) is 0 Å². The van der Waals surface area contributed by atoms with Gasteiger partial charge in [0, 0.05) is 18.7 Å². The number of hydrogen-bond donors (Lipinski definition) is 3. The average Bonchev–Trinajstić information content (AvgIpc) is 2.55. The van der Waals surface area contributed by atoms with Gasteiger partial charge >= 0.3 is 5.97 Å². The number of ether oxygens (including phenoxy) is 1. The first-order chi connectivity index (χ1) is 12.0. The Morgan fingerprint density at radius 2 is 1.88 bits per heavy atom. The molecule has 1 unspecified atom stereocenters. The molecule has 0 aromatic heterocycles. The number of esters is 1. The van der Waals surface area contributed by atoms with Crippen LogP contribution in [-0.4, -0.2) is 23.8 Å². The number of para-hydroxylation sites is 2. The molecule has 2 aromatic rings. The zero-order valence-corrected chi connectivity index (χ0v) is 13.5. The molecule has 0 spiro atoms. The van der Waals surface area contributed by atoms with Crippen molar-refractivity contribution in [3.8, 4) is 5.75 Å². The summed E-state index contributed by atoms with van der Waals surface area (Å²) in [5.41, 5.74) is 1.95. The molecule has 3 N–H and O–H groups in total. The van der Waals surface area contributed by atoms with E-state index in [1.165, 1.54) is 6.92 Å². The summed E-state index contributed by atoms with van der Waals surface area (Å²) in [6.45, 7) is 1.30. The fourth-order valence-corrected chi connectivity index (χ4v) is 2.54. The molecule has 1 aliphatic rings. The van der Waals surface area contributed by atoms with Crippen LogP contribution >= 0.6 is 0 Å². The van der Waals surface area contributed by atoms with Crippen molar-refractivity contribution in [1.82, 2.24) is 0 Å². The van der Waals surface area contributed by atoms with Crippen molar-refractivity contribution >= 4 is 34.8 Å². The van der Waals surface area contributed by atoms with Gasteiger partial charge in [0.25, 0.3) is 0 Å². The van der Waals surface area contributed by atoms with Crippen LogP contribution in [0.2, 0.25) is 0 Å². The number of anilines is 3. The molecule has 0 saturated heterocycles. The topological polar surface area (TPSA) is 96.5 Å². The Kier molecular flexibility index (Phi) is 4.65. The molecule has 2 amide bonds. The zero-order chi connectivity index (χ0) is 17.8. The van der Waals surface area contributed by atoms with E-state index in [9.17, 15) is 14.4 Å². The van der Waals surface area contributed by atoms with E-state index in [-0.39, 0.29) is 18.2 Å². The van der Waals surface area contributed by atoms with Crippen LogP contribution in [0, 0.1) is 0 Å². The summed E-state index contributed by atoms with van der Waals surface area (Å²) in [6, 6.07) is 13.1. The lowest BCUT2D eigenvalue weighted by Gasteiger charge is -2.26. The van der Waals surface area contributed by atoms with Crippen molar-refractivity contribution in [2.75, 3.05) is 16.0 Å². The number of carbonyl (C=O) groups excluding carboxylic acids is 3. The summed E-state index contributed by atoms with van der Waals surface area (Å²) >= 11 is 0. The van der Waals surface area contributed by atoms with E-state index in [1.54, 1.807) is 30.3 Å². The highest BCUT2D eigenvalue weighted by atomic mass is 16.5. The third-order valence-corrected chi connectivity index (χ3v) is 3.60. The lowest BCUT2D eigenvalue weighted by Crippen LogP contribution is -2.41. The summed E-state index contributed by atoms with van der Waals surface area (Å²) in [5.74, 6) is -0.687. The predicted octanol–water partition coefficient (Wildman–Crippen LogP) is 2.37. The van der Waals surface area contributed by atoms with Crippen molar-refractivity contribution in [3.05, 3.63) is 48.5 Å². The van der Waals surface area contributed by atoms with E-state index in [1.807, 2.05) is 18.2 Å². The highest BCUT2D eigenvalue weighted by Gasteiger charge is 2.27. The lowest BCUT2D eigenvalue weighted by atomic mass is 10.1. The van der Waals surface area contributed by atoms with Crippen LogP contribution in [0.1, 0.15) is 13.3 Å². The van der Waals surface area contributed by atoms with E-state index in [0.29, 0.717) is 17.1 Å². The first kappa shape index (κ1) is 16.5. The molecule has 128 valence electrons. The van der Waals surface area contributed by atoms with Crippen LogP contribution in [0.25, 0.3) is 0 Å². The van der Waals surface area contributed by atoms with Crippen LogP contribution in [0.15, 0.2) is 48.5 Å². The van der Waals surface area contributed by atoms with Crippen LogP contribution in [0.3, 0.4) is 0 Å². The zero-order valence-electron chi connectivity index (χ0n) is 13.5. The molecule has 1 aliphatic heterocycles. The highest BCUT2D eigenvalue weighted by molar-refractivity contribution is 6.06. The highest BCUT2D eigenvalue weighted by Crippen LogP contribution is 2.27. The molecule has 2 aromatic carbocycles. The number of carbonyl (C=O) groups is 3. The molecule has 7 heteroatoms. The normalized spacial score (nSPS) is 15.4. The molecule has 7 nitrogen and oxygen atoms in total. The summed E-state index contributed by atoms with van der Waals surface area (Å²) in [6.07, 6.45) is -0.0298. The molecule has 1 heterocycles.